The fourth-order valence-corrected chi connectivity index (χ4v) is 6.37. The highest BCUT2D eigenvalue weighted by atomic mass is 19.4. The van der Waals surface area contributed by atoms with Crippen molar-refractivity contribution in [1.82, 2.24) is 15.6 Å². The van der Waals surface area contributed by atoms with Crippen LogP contribution in [0.2, 0.25) is 0 Å². The van der Waals surface area contributed by atoms with E-state index in [-0.39, 0.29) is 45.1 Å². The second kappa shape index (κ2) is 10.7. The second-order valence-electron chi connectivity index (χ2n) is 11.3. The number of hydrogen-bond acceptors (Lipinski definition) is 5. The fourth-order valence-electron chi connectivity index (χ4n) is 6.37. The van der Waals surface area contributed by atoms with Crippen molar-refractivity contribution in [2.45, 2.75) is 50.2 Å². The van der Waals surface area contributed by atoms with Gasteiger partial charge in [-0.1, -0.05) is 6.07 Å². The molecule has 3 fully saturated rings. The van der Waals surface area contributed by atoms with Gasteiger partial charge in [-0.25, -0.2) is 9.37 Å². The van der Waals surface area contributed by atoms with Gasteiger partial charge < -0.3 is 19.8 Å². The Balaban J connectivity index is 1.50. The maximum Gasteiger partial charge on any atom is 0.389 e. The van der Waals surface area contributed by atoms with E-state index in [1.807, 2.05) is 0 Å². The Labute approximate surface area is 244 Å². The fraction of sp³-hybridized carbons (Fsp3) is 0.344. The van der Waals surface area contributed by atoms with E-state index < -0.39 is 30.7 Å². The van der Waals surface area contributed by atoms with Gasteiger partial charge in [0.2, 0.25) is 5.71 Å². The molecule has 3 aliphatic carbocycles. The summed E-state index contributed by atoms with van der Waals surface area (Å²) in [7, 11) is 2.88. The van der Waals surface area contributed by atoms with Crippen LogP contribution in [-0.4, -0.2) is 42.7 Å². The van der Waals surface area contributed by atoms with Gasteiger partial charge >= 0.3 is 6.18 Å². The Kier molecular flexibility index (Phi) is 7.14. The van der Waals surface area contributed by atoms with Crippen molar-refractivity contribution in [3.8, 4) is 28.2 Å². The number of aromatic nitrogens is 1. The quantitative estimate of drug-likeness (QED) is 0.218. The number of nitrogens with zero attached hydrogens (tertiary/aromatic N) is 1. The van der Waals surface area contributed by atoms with Crippen molar-refractivity contribution in [3.05, 3.63) is 71.2 Å². The van der Waals surface area contributed by atoms with Gasteiger partial charge in [0.25, 0.3) is 11.8 Å². The van der Waals surface area contributed by atoms with Gasteiger partial charge in [0.15, 0.2) is 0 Å². The molecule has 224 valence electrons. The molecule has 7 rings (SSSR count). The molecule has 2 aromatic carbocycles. The van der Waals surface area contributed by atoms with Gasteiger partial charge in [-0.2, -0.15) is 13.2 Å². The molecular weight excluding hydrogens is 566 g/mol. The molecule has 7 nitrogen and oxygen atoms in total. The standard InChI is InChI=1S/C32H29F4N3O4/c1-37-29(41)26-23-14-21(19-5-8-25(42-2)22(13-19)28(40)39-31-11-9-17(15-31)16-31)24(10-12-32(34,35)36)38-30(23)43-27(26)18-3-6-20(33)7-4-18/h3-8,13-14,17H,9-12,15-16H2,1-2H3,(H,37,41)(H,39,40). The summed E-state index contributed by atoms with van der Waals surface area (Å²) >= 11 is 0. The summed E-state index contributed by atoms with van der Waals surface area (Å²) in [6.07, 6.45) is -2.20. The van der Waals surface area contributed by atoms with Crippen LogP contribution in [0.1, 0.15) is 58.5 Å². The van der Waals surface area contributed by atoms with Crippen molar-refractivity contribution < 1.29 is 36.3 Å². The van der Waals surface area contributed by atoms with E-state index in [4.69, 9.17) is 9.15 Å². The largest absolute Gasteiger partial charge is 0.496 e. The Morgan fingerprint density at radius 3 is 2.42 bits per heavy atom. The predicted octanol–water partition coefficient (Wildman–Crippen LogP) is 6.84. The molecule has 2 bridgehead atoms. The van der Waals surface area contributed by atoms with E-state index in [9.17, 15) is 27.2 Å². The molecule has 4 aromatic rings. The van der Waals surface area contributed by atoms with Crippen molar-refractivity contribution in [3.63, 3.8) is 0 Å². The predicted molar refractivity (Wildman–Crippen MR) is 151 cm³/mol. The zero-order valence-corrected chi connectivity index (χ0v) is 23.5. The minimum Gasteiger partial charge on any atom is -0.496 e. The third-order valence-electron chi connectivity index (χ3n) is 8.49. The molecule has 0 radical (unpaired) electrons. The third-order valence-corrected chi connectivity index (χ3v) is 8.49. The van der Waals surface area contributed by atoms with Crippen LogP contribution in [0.4, 0.5) is 17.6 Å². The number of furan rings is 1. The number of benzene rings is 2. The first-order valence-electron chi connectivity index (χ1n) is 14.0. The van der Waals surface area contributed by atoms with E-state index in [2.05, 4.69) is 15.6 Å². The van der Waals surface area contributed by atoms with Crippen LogP contribution in [0.25, 0.3) is 33.6 Å². The van der Waals surface area contributed by atoms with Gasteiger partial charge in [-0.05, 0) is 86.1 Å². The molecule has 3 aliphatic rings. The van der Waals surface area contributed by atoms with Crippen LogP contribution in [0, 0.1) is 11.7 Å². The molecule has 2 aromatic heterocycles. The maximum atomic E-state index is 13.6. The Morgan fingerprint density at radius 2 is 1.79 bits per heavy atom. The van der Waals surface area contributed by atoms with E-state index >= 15 is 0 Å². The van der Waals surface area contributed by atoms with Crippen LogP contribution in [0.5, 0.6) is 5.75 Å². The van der Waals surface area contributed by atoms with Crippen molar-refractivity contribution in [1.29, 1.82) is 0 Å². The average Bonchev–Trinajstić information content (AvgIpc) is 3.67. The summed E-state index contributed by atoms with van der Waals surface area (Å²) in [4.78, 5) is 31.0. The number of nitrogens with one attached hydrogen (secondary N) is 2. The average molecular weight is 596 g/mol. The number of amides is 2. The first-order valence-corrected chi connectivity index (χ1v) is 14.0. The SMILES string of the molecule is CNC(=O)c1c(-c2ccc(F)cc2)oc2nc(CCC(F)(F)F)c(-c3ccc(OC)c(C(=O)NC45CCC(C4)C5)c3)cc12. The summed E-state index contributed by atoms with van der Waals surface area (Å²) in [6, 6.07) is 11.7. The lowest BCUT2D eigenvalue weighted by molar-refractivity contribution is -0.134. The topological polar surface area (TPSA) is 93.5 Å². The Morgan fingerprint density at radius 1 is 1.07 bits per heavy atom. The summed E-state index contributed by atoms with van der Waals surface area (Å²) < 4.78 is 65.1. The molecule has 43 heavy (non-hydrogen) atoms. The molecule has 3 saturated carbocycles. The number of fused-ring (bicyclic) bond motifs is 2. The first-order chi connectivity index (χ1) is 20.5. The number of hydrogen-bond donors (Lipinski definition) is 2. The number of alkyl halides is 3. The molecule has 11 heteroatoms. The number of ether oxygens (including phenoxy) is 1. The second-order valence-corrected chi connectivity index (χ2v) is 11.3. The summed E-state index contributed by atoms with van der Waals surface area (Å²) in [5, 5.41) is 5.98. The van der Waals surface area contributed by atoms with Gasteiger partial charge in [0.05, 0.1) is 29.3 Å². The summed E-state index contributed by atoms with van der Waals surface area (Å²) in [6.45, 7) is 0. The van der Waals surface area contributed by atoms with Gasteiger partial charge in [-0.3, -0.25) is 9.59 Å². The molecular formula is C32H29F4N3O4. The maximum absolute atomic E-state index is 13.6. The van der Waals surface area contributed by atoms with E-state index in [1.54, 1.807) is 24.3 Å². The summed E-state index contributed by atoms with van der Waals surface area (Å²) in [5.74, 6) is -0.265. The van der Waals surface area contributed by atoms with Crippen LogP contribution in [0.3, 0.4) is 0 Å². The number of carbonyl (C=O) groups is 2. The monoisotopic (exact) mass is 595 g/mol. The third kappa shape index (κ3) is 5.44. The summed E-state index contributed by atoms with van der Waals surface area (Å²) in [5.41, 5.74) is 1.31. The van der Waals surface area contributed by atoms with Crippen molar-refractivity contribution >= 4 is 22.9 Å². The van der Waals surface area contributed by atoms with E-state index in [1.165, 1.54) is 38.4 Å². The molecule has 0 aliphatic heterocycles. The lowest BCUT2D eigenvalue weighted by atomic mass is 9.77. The minimum absolute atomic E-state index is 0.0369. The van der Waals surface area contributed by atoms with Crippen molar-refractivity contribution in [2.24, 2.45) is 5.92 Å². The number of pyridine rings is 1. The van der Waals surface area contributed by atoms with Gasteiger partial charge in [0.1, 0.15) is 17.3 Å². The highest BCUT2D eigenvalue weighted by molar-refractivity contribution is 6.11. The van der Waals surface area contributed by atoms with Crippen LogP contribution >= 0.6 is 0 Å². The van der Waals surface area contributed by atoms with Crippen molar-refractivity contribution in [2.75, 3.05) is 14.2 Å². The zero-order chi connectivity index (χ0) is 30.5. The highest BCUT2D eigenvalue weighted by Gasteiger charge is 2.51. The van der Waals surface area contributed by atoms with Gasteiger partial charge in [-0.15, -0.1) is 0 Å². The molecule has 0 saturated heterocycles. The molecule has 0 atom stereocenters. The molecule has 2 heterocycles. The lowest BCUT2D eigenvalue weighted by Gasteiger charge is -2.39. The zero-order valence-electron chi connectivity index (χ0n) is 23.5. The lowest BCUT2D eigenvalue weighted by Crippen LogP contribution is -2.51. The van der Waals surface area contributed by atoms with Crippen LogP contribution < -0.4 is 15.4 Å². The highest BCUT2D eigenvalue weighted by Crippen LogP contribution is 2.52. The van der Waals surface area contributed by atoms with E-state index in [0.717, 1.165) is 25.7 Å². The molecule has 2 N–H and O–H groups in total. The Bertz CT molecular complexity index is 1720. The normalized spacial score (nSPS) is 19.3. The number of halogens is 4. The number of rotatable bonds is 8. The molecule has 0 unspecified atom stereocenters. The Hall–Kier alpha value is -4.41. The molecule has 0 spiro atoms. The van der Waals surface area contributed by atoms with Gasteiger partial charge in [0, 0.05) is 30.1 Å². The molecule has 2 amide bonds. The van der Waals surface area contributed by atoms with Crippen LogP contribution in [-0.2, 0) is 6.42 Å². The number of methoxy groups -OCH3 is 1. The van der Waals surface area contributed by atoms with E-state index in [0.29, 0.717) is 28.4 Å². The number of carbonyl (C=O) groups excluding carboxylic acids is 2. The first kappa shape index (κ1) is 28.7. The number of aryl methyl sites for hydroxylation is 1. The smallest absolute Gasteiger partial charge is 0.389 e. The minimum atomic E-state index is -4.45. The van der Waals surface area contributed by atoms with Crippen LogP contribution in [0.15, 0.2) is 52.9 Å².